The van der Waals surface area contributed by atoms with Crippen molar-refractivity contribution in [3.05, 3.63) is 0 Å². The molecule has 0 aromatic rings. The van der Waals surface area contributed by atoms with Gasteiger partial charge in [0.25, 0.3) is 0 Å². The Bertz CT molecular complexity index is 227. The van der Waals surface area contributed by atoms with E-state index in [0.717, 1.165) is 25.9 Å². The molecule has 0 aliphatic carbocycles. The molecule has 1 aliphatic heterocycles. The lowest BCUT2D eigenvalue weighted by molar-refractivity contribution is -0.121. The fraction of sp³-hybridized carbons (Fsp3) is 0.929. The predicted molar refractivity (Wildman–Crippen MR) is 75.4 cm³/mol. The van der Waals surface area contributed by atoms with Crippen molar-refractivity contribution in [1.82, 2.24) is 10.2 Å². The lowest BCUT2D eigenvalue weighted by atomic mass is 10.1. The maximum atomic E-state index is 11.5. The summed E-state index contributed by atoms with van der Waals surface area (Å²) in [5.74, 6) is 0.718. The monoisotopic (exact) mass is 255 g/mol. The first-order valence-electron chi connectivity index (χ1n) is 7.41. The van der Waals surface area contributed by atoms with Crippen molar-refractivity contribution >= 4 is 5.91 Å². The molecule has 1 amide bonds. The number of nitrogens with one attached hydrogen (secondary N) is 1. The third-order valence-electron chi connectivity index (χ3n) is 3.52. The first-order valence-corrected chi connectivity index (χ1v) is 7.41. The van der Waals surface area contributed by atoms with Crippen molar-refractivity contribution in [3.8, 4) is 0 Å². The summed E-state index contributed by atoms with van der Waals surface area (Å²) in [6.45, 7) is 7.28. The molecule has 4 heteroatoms. The van der Waals surface area contributed by atoms with Crippen LogP contribution in [0.25, 0.3) is 0 Å². The van der Waals surface area contributed by atoms with Crippen molar-refractivity contribution < 1.29 is 4.79 Å². The van der Waals surface area contributed by atoms with Crippen molar-refractivity contribution in [1.29, 1.82) is 0 Å². The van der Waals surface area contributed by atoms with Crippen LogP contribution in [0.4, 0.5) is 0 Å². The van der Waals surface area contributed by atoms with E-state index >= 15 is 0 Å². The van der Waals surface area contributed by atoms with Gasteiger partial charge < -0.3 is 16.0 Å². The van der Waals surface area contributed by atoms with Crippen LogP contribution in [0.1, 0.15) is 45.4 Å². The Morgan fingerprint density at radius 3 is 2.67 bits per heavy atom. The molecule has 4 nitrogen and oxygen atoms in total. The summed E-state index contributed by atoms with van der Waals surface area (Å²) in [5.41, 5.74) is 5.40. The molecule has 0 radical (unpaired) electrons. The van der Waals surface area contributed by atoms with Crippen LogP contribution in [0, 0.1) is 5.92 Å². The zero-order valence-corrected chi connectivity index (χ0v) is 11.8. The first-order chi connectivity index (χ1) is 8.72. The Labute approximate surface area is 111 Å². The molecule has 1 atom stereocenters. The molecule has 1 fully saturated rings. The zero-order valence-electron chi connectivity index (χ0n) is 11.8. The minimum Gasteiger partial charge on any atom is -0.356 e. The van der Waals surface area contributed by atoms with Crippen molar-refractivity contribution in [2.75, 3.05) is 32.7 Å². The average Bonchev–Trinajstić information content (AvgIpc) is 2.38. The molecule has 1 aliphatic rings. The fourth-order valence-corrected chi connectivity index (χ4v) is 2.45. The number of hydrogen-bond donors (Lipinski definition) is 2. The van der Waals surface area contributed by atoms with Crippen molar-refractivity contribution in [2.24, 2.45) is 11.7 Å². The highest BCUT2D eigenvalue weighted by Gasteiger charge is 2.13. The van der Waals surface area contributed by atoms with Gasteiger partial charge in [-0.05, 0) is 51.2 Å². The molecular weight excluding hydrogens is 226 g/mol. The van der Waals surface area contributed by atoms with E-state index in [1.807, 2.05) is 0 Å². The van der Waals surface area contributed by atoms with Crippen LogP contribution in [0.5, 0.6) is 0 Å². The second-order valence-corrected chi connectivity index (χ2v) is 5.52. The smallest absolute Gasteiger partial charge is 0.220 e. The predicted octanol–water partition coefficient (Wildman–Crippen LogP) is 1.35. The number of likely N-dealkylation sites (tertiary alicyclic amines) is 1. The van der Waals surface area contributed by atoms with Gasteiger partial charge >= 0.3 is 0 Å². The molecule has 0 spiro atoms. The van der Waals surface area contributed by atoms with Crippen molar-refractivity contribution in [2.45, 2.75) is 45.4 Å². The second-order valence-electron chi connectivity index (χ2n) is 5.52. The number of rotatable bonds is 8. The zero-order chi connectivity index (χ0) is 13.2. The molecule has 1 saturated heterocycles. The molecule has 1 rings (SSSR count). The van der Waals surface area contributed by atoms with E-state index in [1.54, 1.807) is 0 Å². The molecular formula is C14H29N3O. The Morgan fingerprint density at radius 2 is 2.00 bits per heavy atom. The third kappa shape index (κ3) is 6.97. The second kappa shape index (κ2) is 9.34. The van der Waals surface area contributed by atoms with Gasteiger partial charge in [-0.2, -0.15) is 0 Å². The quantitative estimate of drug-likeness (QED) is 0.644. The standard InChI is InChI=1S/C14H29N3O/c1-13(12-17-9-5-2-6-10-17)11-16-14(18)7-3-4-8-15/h13H,2-12,15H2,1H3,(H,16,18). The summed E-state index contributed by atoms with van der Waals surface area (Å²) in [6, 6.07) is 0. The number of piperidine rings is 1. The summed E-state index contributed by atoms with van der Waals surface area (Å²) in [7, 11) is 0. The highest BCUT2D eigenvalue weighted by atomic mass is 16.1. The number of carbonyl (C=O) groups is 1. The van der Waals surface area contributed by atoms with Gasteiger partial charge in [-0.15, -0.1) is 0 Å². The normalized spacial score (nSPS) is 18.6. The molecule has 0 bridgehead atoms. The number of hydrogen-bond acceptors (Lipinski definition) is 3. The van der Waals surface area contributed by atoms with Crippen LogP contribution in [0.3, 0.4) is 0 Å². The molecule has 1 heterocycles. The number of amides is 1. The summed E-state index contributed by atoms with van der Waals surface area (Å²) < 4.78 is 0. The molecule has 1 unspecified atom stereocenters. The molecule has 106 valence electrons. The van der Waals surface area contributed by atoms with Gasteiger partial charge in [0.15, 0.2) is 0 Å². The number of carbonyl (C=O) groups excluding carboxylic acids is 1. The maximum absolute atomic E-state index is 11.5. The van der Waals surface area contributed by atoms with Gasteiger partial charge in [0.05, 0.1) is 0 Å². The maximum Gasteiger partial charge on any atom is 0.220 e. The van der Waals surface area contributed by atoms with E-state index in [4.69, 9.17) is 5.73 Å². The van der Waals surface area contributed by atoms with E-state index in [9.17, 15) is 4.79 Å². The molecule has 0 aromatic heterocycles. The number of nitrogens with zero attached hydrogens (tertiary/aromatic N) is 1. The summed E-state index contributed by atoms with van der Waals surface area (Å²) >= 11 is 0. The van der Waals surface area contributed by atoms with Crippen LogP contribution >= 0.6 is 0 Å². The highest BCUT2D eigenvalue weighted by molar-refractivity contribution is 5.75. The largest absolute Gasteiger partial charge is 0.356 e. The molecule has 0 saturated carbocycles. The summed E-state index contributed by atoms with van der Waals surface area (Å²) in [4.78, 5) is 14.1. The van der Waals surface area contributed by atoms with Crippen LogP contribution in [-0.2, 0) is 4.79 Å². The van der Waals surface area contributed by atoms with Gasteiger partial charge in [-0.1, -0.05) is 13.3 Å². The summed E-state index contributed by atoms with van der Waals surface area (Å²) in [6.07, 6.45) is 6.51. The van der Waals surface area contributed by atoms with E-state index in [0.29, 0.717) is 18.9 Å². The highest BCUT2D eigenvalue weighted by Crippen LogP contribution is 2.10. The van der Waals surface area contributed by atoms with Crippen LogP contribution in [0.15, 0.2) is 0 Å². The lowest BCUT2D eigenvalue weighted by Gasteiger charge is -2.29. The van der Waals surface area contributed by atoms with Crippen LogP contribution < -0.4 is 11.1 Å². The van der Waals surface area contributed by atoms with E-state index in [-0.39, 0.29) is 5.91 Å². The Morgan fingerprint density at radius 1 is 1.28 bits per heavy atom. The Kier molecular flexibility index (Phi) is 8.01. The fourth-order valence-electron chi connectivity index (χ4n) is 2.45. The van der Waals surface area contributed by atoms with Gasteiger partial charge in [0.2, 0.25) is 5.91 Å². The van der Waals surface area contributed by atoms with E-state index in [1.165, 1.54) is 32.4 Å². The third-order valence-corrected chi connectivity index (χ3v) is 3.52. The van der Waals surface area contributed by atoms with Gasteiger partial charge in [0.1, 0.15) is 0 Å². The van der Waals surface area contributed by atoms with E-state index in [2.05, 4.69) is 17.1 Å². The van der Waals surface area contributed by atoms with Gasteiger partial charge in [-0.25, -0.2) is 0 Å². The van der Waals surface area contributed by atoms with Crippen LogP contribution in [-0.4, -0.2) is 43.5 Å². The molecule has 18 heavy (non-hydrogen) atoms. The van der Waals surface area contributed by atoms with Crippen LogP contribution in [0.2, 0.25) is 0 Å². The number of nitrogens with two attached hydrogens (primary N) is 1. The summed E-state index contributed by atoms with van der Waals surface area (Å²) in [5, 5.41) is 3.02. The minimum atomic E-state index is 0.175. The van der Waals surface area contributed by atoms with Gasteiger partial charge in [0, 0.05) is 19.5 Å². The molecule has 3 N–H and O–H groups in total. The topological polar surface area (TPSA) is 58.4 Å². The first kappa shape index (κ1) is 15.4. The average molecular weight is 255 g/mol. The minimum absolute atomic E-state index is 0.175. The van der Waals surface area contributed by atoms with Crippen molar-refractivity contribution in [3.63, 3.8) is 0 Å². The molecule has 0 aromatic carbocycles. The Balaban J connectivity index is 2.04. The van der Waals surface area contributed by atoms with Gasteiger partial charge in [-0.3, -0.25) is 4.79 Å². The SMILES string of the molecule is CC(CNC(=O)CCCCN)CN1CCCCC1. The number of unbranched alkanes of at least 4 members (excludes halogenated alkanes) is 1. The van der Waals surface area contributed by atoms with E-state index < -0.39 is 0 Å². The lowest BCUT2D eigenvalue weighted by Crippen LogP contribution is -2.38. The Hall–Kier alpha value is -0.610.